The smallest absolute Gasteiger partial charge is 0.308 e. The Balaban J connectivity index is 1.32. The van der Waals surface area contributed by atoms with Gasteiger partial charge in [-0.05, 0) is 58.2 Å². The number of benzene rings is 3. The Kier molecular flexibility index (Phi) is 16.9. The predicted octanol–water partition coefficient (Wildman–Crippen LogP) is 2.84. The number of methoxy groups -OCH3 is 2. The summed E-state index contributed by atoms with van der Waals surface area (Å²) in [6.07, 6.45) is 1.94. The molecule has 5 saturated heterocycles. The molecule has 73 heavy (non-hydrogen) atoms. The van der Waals surface area contributed by atoms with Crippen molar-refractivity contribution in [3.8, 4) is 0 Å². The summed E-state index contributed by atoms with van der Waals surface area (Å²) in [7, 11) is 2.77. The highest BCUT2D eigenvalue weighted by Crippen LogP contribution is 2.41. The Bertz CT molecular complexity index is 2500. The maximum absolute atomic E-state index is 15.1. The first-order valence-electron chi connectivity index (χ1n) is 24.6. The first-order chi connectivity index (χ1) is 34.7. The standard InChI is InChI=1S/C54H68N8O11/c1-52(2,3)72-35-41-49(67)59(34-48(70-7)71-8)33-46(65)61-27-25-58(32-45(64)62-26-24-57(31-44(63)56-41)51(69)43(62)29-47(66)73-53(4,5)6)50(68)42(61)28-40-30-60(36-55-40)54(37-18-12-9-13-19-37,38-20-14-10-15-21-38)39-22-16-11-17-23-39/h9-23,30,36,41-43,48H,24-29,31-35H2,1-8H3,(H,56,63)/t41-,42-,43-/m0/s1. The van der Waals surface area contributed by atoms with Gasteiger partial charge in [0.1, 0.15) is 35.8 Å². The molecular formula is C54H68N8O11. The average molecular weight is 1010 g/mol. The zero-order valence-corrected chi connectivity index (χ0v) is 43.0. The van der Waals surface area contributed by atoms with Crippen molar-refractivity contribution in [2.45, 2.75) is 95.5 Å². The van der Waals surface area contributed by atoms with Crippen LogP contribution in [0.1, 0.15) is 70.3 Å². The predicted molar refractivity (Wildman–Crippen MR) is 267 cm³/mol. The number of piperazine rings is 2. The third-order valence-electron chi connectivity index (χ3n) is 13.1. The summed E-state index contributed by atoms with van der Waals surface area (Å²) in [5.41, 5.74) is 0.644. The number of fused-ring (bicyclic) bond motifs is 2. The van der Waals surface area contributed by atoms with Crippen molar-refractivity contribution in [3.05, 3.63) is 126 Å². The number of imidazole rings is 1. The summed E-state index contributed by atoms with van der Waals surface area (Å²) in [4.78, 5) is 112. The summed E-state index contributed by atoms with van der Waals surface area (Å²) < 4.78 is 24.6. The lowest BCUT2D eigenvalue weighted by atomic mass is 9.77. The highest BCUT2D eigenvalue weighted by molar-refractivity contribution is 5.98. The van der Waals surface area contributed by atoms with E-state index in [9.17, 15) is 28.8 Å². The van der Waals surface area contributed by atoms with E-state index in [1.165, 1.54) is 38.7 Å². The van der Waals surface area contributed by atoms with Gasteiger partial charge in [0.2, 0.25) is 35.4 Å². The molecular weight excluding hydrogens is 937 g/mol. The van der Waals surface area contributed by atoms with E-state index in [0.29, 0.717) is 5.69 Å². The highest BCUT2D eigenvalue weighted by Gasteiger charge is 2.45. The molecule has 0 aliphatic carbocycles. The summed E-state index contributed by atoms with van der Waals surface area (Å²) in [6, 6.07) is 26.0. The third-order valence-corrected chi connectivity index (χ3v) is 13.1. The van der Waals surface area contributed by atoms with E-state index in [0.717, 1.165) is 16.7 Å². The van der Waals surface area contributed by atoms with Crippen molar-refractivity contribution in [1.82, 2.24) is 39.4 Å². The van der Waals surface area contributed by atoms with E-state index in [-0.39, 0.29) is 45.8 Å². The second kappa shape index (κ2) is 22.9. The van der Waals surface area contributed by atoms with Crippen molar-refractivity contribution < 1.29 is 52.5 Å². The number of hydrogen-bond donors (Lipinski definition) is 1. The first kappa shape index (κ1) is 53.8. The minimum absolute atomic E-state index is 0.0490. The van der Waals surface area contributed by atoms with Gasteiger partial charge in [-0.3, -0.25) is 33.6 Å². The SMILES string of the molecule is COC(CN1CC(=O)N2CCN(CC(=O)N3CCN(CC(=O)N[C@@H](COC(C)(C)C)C1=O)C(=O)[C@@H]3CC(=O)OC(C)(C)C)C(=O)[C@@H]2Cc1cn(C(c2ccccc2)(c2ccccc2)c2ccccc2)cn1)OC. The molecule has 6 heterocycles. The summed E-state index contributed by atoms with van der Waals surface area (Å²) in [5, 5.41) is 2.73. The van der Waals surface area contributed by atoms with Gasteiger partial charge in [0, 0.05) is 53.0 Å². The Labute approximate surface area is 426 Å². The molecule has 3 aromatic carbocycles. The van der Waals surface area contributed by atoms with Crippen LogP contribution in [0, 0.1) is 0 Å². The summed E-state index contributed by atoms with van der Waals surface area (Å²) >= 11 is 0. The van der Waals surface area contributed by atoms with Crippen molar-refractivity contribution in [3.63, 3.8) is 0 Å². The second-order valence-electron chi connectivity index (χ2n) is 20.5. The van der Waals surface area contributed by atoms with Crippen LogP contribution in [0.3, 0.4) is 0 Å². The van der Waals surface area contributed by atoms with Crippen LogP contribution in [0.5, 0.6) is 0 Å². The molecule has 4 aromatic rings. The van der Waals surface area contributed by atoms with Crippen molar-refractivity contribution >= 4 is 41.4 Å². The van der Waals surface area contributed by atoms with E-state index in [2.05, 4.69) is 5.32 Å². The van der Waals surface area contributed by atoms with Crippen molar-refractivity contribution in [1.29, 1.82) is 0 Å². The molecule has 1 N–H and O–H groups in total. The Morgan fingerprint density at radius 3 is 1.68 bits per heavy atom. The number of ether oxygens (including phenoxy) is 4. The largest absolute Gasteiger partial charge is 0.460 e. The van der Waals surface area contributed by atoms with E-state index in [1.807, 2.05) is 102 Å². The van der Waals surface area contributed by atoms with E-state index < -0.39 is 109 Å². The van der Waals surface area contributed by atoms with E-state index >= 15 is 4.79 Å². The molecule has 19 nitrogen and oxygen atoms in total. The molecule has 5 aliphatic rings. The number of nitrogens with zero attached hydrogens (tertiary/aromatic N) is 7. The lowest BCUT2D eigenvalue weighted by molar-refractivity contribution is -0.165. The molecule has 19 heteroatoms. The molecule has 390 valence electrons. The van der Waals surface area contributed by atoms with Crippen LogP contribution >= 0.6 is 0 Å². The number of carbonyl (C=O) groups is 7. The van der Waals surface area contributed by atoms with Crippen LogP contribution in [-0.2, 0) is 64.5 Å². The van der Waals surface area contributed by atoms with Gasteiger partial charge in [-0.2, -0.15) is 0 Å². The molecule has 1 aromatic heterocycles. The maximum Gasteiger partial charge on any atom is 0.308 e. The fraction of sp³-hybridized carbons (Fsp3) is 0.481. The fourth-order valence-electron chi connectivity index (χ4n) is 9.67. The molecule has 9 rings (SSSR count). The topological polar surface area (TPSA) is 202 Å². The first-order valence-corrected chi connectivity index (χ1v) is 24.6. The highest BCUT2D eigenvalue weighted by atomic mass is 16.7. The van der Waals surface area contributed by atoms with Crippen LogP contribution in [-0.4, -0.2) is 184 Å². The molecule has 4 bridgehead atoms. The van der Waals surface area contributed by atoms with Gasteiger partial charge in [0.05, 0.1) is 50.3 Å². The molecule has 3 atom stereocenters. The van der Waals surface area contributed by atoms with Crippen LogP contribution in [0.15, 0.2) is 104 Å². The van der Waals surface area contributed by atoms with Gasteiger partial charge in [-0.25, -0.2) is 4.98 Å². The number of rotatable bonds is 14. The van der Waals surface area contributed by atoms with Crippen molar-refractivity contribution in [2.75, 3.05) is 73.2 Å². The van der Waals surface area contributed by atoms with Crippen LogP contribution < -0.4 is 5.32 Å². The van der Waals surface area contributed by atoms with Crippen molar-refractivity contribution in [2.24, 2.45) is 0 Å². The number of carbonyl (C=O) groups excluding carboxylic acids is 7. The Hall–Kier alpha value is -6.96. The van der Waals surface area contributed by atoms with Gasteiger partial charge in [0.25, 0.3) is 0 Å². The molecule has 0 unspecified atom stereocenters. The number of hydrogen-bond acceptors (Lipinski definition) is 12. The minimum Gasteiger partial charge on any atom is -0.460 e. The lowest BCUT2D eigenvalue weighted by Gasteiger charge is -2.44. The maximum atomic E-state index is 15.1. The van der Waals surface area contributed by atoms with Gasteiger partial charge < -0.3 is 53.3 Å². The molecule has 0 saturated carbocycles. The normalized spacial score (nSPS) is 20.0. The molecule has 5 fully saturated rings. The number of amides is 6. The summed E-state index contributed by atoms with van der Waals surface area (Å²) in [5.74, 6) is -4.64. The molecule has 0 spiro atoms. The zero-order valence-electron chi connectivity index (χ0n) is 43.0. The Morgan fingerprint density at radius 2 is 1.16 bits per heavy atom. The molecule has 0 radical (unpaired) electrons. The lowest BCUT2D eigenvalue weighted by Crippen LogP contribution is -2.65. The van der Waals surface area contributed by atoms with E-state index in [1.54, 1.807) is 47.9 Å². The van der Waals surface area contributed by atoms with Gasteiger partial charge >= 0.3 is 5.97 Å². The second-order valence-corrected chi connectivity index (χ2v) is 20.5. The third kappa shape index (κ3) is 12.6. The monoisotopic (exact) mass is 1000 g/mol. The number of esters is 1. The Morgan fingerprint density at radius 1 is 0.658 bits per heavy atom. The van der Waals surface area contributed by atoms with Crippen LogP contribution in [0.25, 0.3) is 0 Å². The molecule has 5 aliphatic heterocycles. The molecule has 6 amide bonds. The number of nitrogens with one attached hydrogen (secondary N) is 1. The van der Waals surface area contributed by atoms with Gasteiger partial charge in [-0.15, -0.1) is 0 Å². The van der Waals surface area contributed by atoms with Gasteiger partial charge in [-0.1, -0.05) is 91.0 Å². The quantitative estimate of drug-likeness (QED) is 0.110. The van der Waals surface area contributed by atoms with Gasteiger partial charge in [0.15, 0.2) is 6.29 Å². The van der Waals surface area contributed by atoms with Crippen LogP contribution in [0.4, 0.5) is 0 Å². The minimum atomic E-state index is -1.38. The summed E-state index contributed by atoms with van der Waals surface area (Å²) in [6.45, 7) is 7.94. The fourth-order valence-corrected chi connectivity index (χ4v) is 9.67. The van der Waals surface area contributed by atoms with E-state index in [4.69, 9.17) is 23.9 Å². The van der Waals surface area contributed by atoms with Crippen LogP contribution in [0.2, 0.25) is 0 Å². The zero-order chi connectivity index (χ0) is 52.7. The average Bonchev–Trinajstić information content (AvgIpc) is 3.82. The number of aromatic nitrogens is 2.